The Morgan fingerprint density at radius 2 is 1.97 bits per heavy atom. The van der Waals surface area contributed by atoms with Gasteiger partial charge in [0.05, 0.1) is 22.3 Å². The second-order valence-electron chi connectivity index (χ2n) is 7.25. The smallest absolute Gasteiger partial charge is 0.252 e. The van der Waals surface area contributed by atoms with Gasteiger partial charge in [0, 0.05) is 18.7 Å². The van der Waals surface area contributed by atoms with Gasteiger partial charge in [-0.05, 0) is 49.4 Å². The number of benzene rings is 2. The van der Waals surface area contributed by atoms with Gasteiger partial charge >= 0.3 is 0 Å². The molecule has 148 valence electrons. The molecule has 2 aromatic carbocycles. The van der Waals surface area contributed by atoms with Crippen molar-refractivity contribution in [2.75, 3.05) is 12.4 Å². The van der Waals surface area contributed by atoms with E-state index in [1.54, 1.807) is 19.2 Å². The molecule has 0 saturated carbocycles. The highest BCUT2D eigenvalue weighted by Gasteiger charge is 2.20. The third-order valence-corrected chi connectivity index (χ3v) is 5.59. The molecule has 5 nitrogen and oxygen atoms in total. The highest BCUT2D eigenvalue weighted by molar-refractivity contribution is 6.34. The Balaban J connectivity index is 1.67. The molecule has 2 N–H and O–H groups in total. The lowest BCUT2D eigenvalue weighted by Gasteiger charge is -2.27. The van der Waals surface area contributed by atoms with E-state index in [9.17, 15) is 4.79 Å². The molecule has 1 atom stereocenters. The van der Waals surface area contributed by atoms with Crippen LogP contribution in [0, 0.1) is 6.92 Å². The van der Waals surface area contributed by atoms with Crippen molar-refractivity contribution in [2.45, 2.75) is 32.2 Å². The standard InChI is InChI=1S/C23H23ClN4O/c1-14-26-21(16-10-11-19(24)18(12-16)23(29)25-2)13-22(27-14)28-20-9-5-7-15-6-3-4-8-17(15)20/h3-4,6,8,10-13,20H,5,7,9H2,1-2H3,(H,25,29)(H,26,27,28)/t20-/m1/s1. The summed E-state index contributed by atoms with van der Waals surface area (Å²) in [6, 6.07) is 16.1. The van der Waals surface area contributed by atoms with Crippen molar-refractivity contribution in [2.24, 2.45) is 0 Å². The molecule has 29 heavy (non-hydrogen) atoms. The quantitative estimate of drug-likeness (QED) is 0.643. The molecule has 0 spiro atoms. The van der Waals surface area contributed by atoms with Gasteiger partial charge in [-0.25, -0.2) is 9.97 Å². The van der Waals surface area contributed by atoms with Crippen molar-refractivity contribution in [1.82, 2.24) is 15.3 Å². The Kier molecular flexibility index (Phi) is 5.49. The Morgan fingerprint density at radius 1 is 1.14 bits per heavy atom. The molecule has 0 unspecified atom stereocenters. The van der Waals surface area contributed by atoms with Crippen molar-refractivity contribution < 1.29 is 4.79 Å². The molecule has 0 aliphatic heterocycles. The molecular weight excluding hydrogens is 384 g/mol. The van der Waals surface area contributed by atoms with Crippen LogP contribution in [0.5, 0.6) is 0 Å². The topological polar surface area (TPSA) is 66.9 Å². The number of aryl methyl sites for hydroxylation is 2. The number of halogens is 1. The molecule has 1 aromatic heterocycles. The number of nitrogens with zero attached hydrogens (tertiary/aromatic N) is 2. The fourth-order valence-corrected chi connectivity index (χ4v) is 4.07. The van der Waals surface area contributed by atoms with E-state index in [1.165, 1.54) is 11.1 Å². The summed E-state index contributed by atoms with van der Waals surface area (Å²) in [7, 11) is 1.59. The number of fused-ring (bicyclic) bond motifs is 1. The third-order valence-electron chi connectivity index (χ3n) is 5.26. The van der Waals surface area contributed by atoms with E-state index in [1.807, 2.05) is 19.1 Å². The Labute approximate surface area is 175 Å². The molecule has 0 radical (unpaired) electrons. The van der Waals surface area contributed by atoms with E-state index in [2.05, 4.69) is 44.9 Å². The normalized spacial score (nSPS) is 15.5. The lowest BCUT2D eigenvalue weighted by atomic mass is 9.88. The molecule has 6 heteroatoms. The summed E-state index contributed by atoms with van der Waals surface area (Å²) in [5, 5.41) is 6.62. The minimum Gasteiger partial charge on any atom is -0.363 e. The van der Waals surface area contributed by atoms with Crippen molar-refractivity contribution >= 4 is 23.3 Å². The van der Waals surface area contributed by atoms with Crippen molar-refractivity contribution in [3.63, 3.8) is 0 Å². The van der Waals surface area contributed by atoms with Crippen LogP contribution in [0.1, 0.15) is 46.2 Å². The largest absolute Gasteiger partial charge is 0.363 e. The van der Waals surface area contributed by atoms with Crippen molar-refractivity contribution in [3.05, 3.63) is 76.1 Å². The first-order chi connectivity index (χ1) is 14.0. The van der Waals surface area contributed by atoms with Crippen LogP contribution in [0.3, 0.4) is 0 Å². The van der Waals surface area contributed by atoms with E-state index < -0.39 is 0 Å². The zero-order valence-electron chi connectivity index (χ0n) is 16.5. The van der Waals surface area contributed by atoms with Gasteiger partial charge in [0.15, 0.2) is 0 Å². The van der Waals surface area contributed by atoms with Gasteiger partial charge in [-0.15, -0.1) is 0 Å². The fraction of sp³-hybridized carbons (Fsp3) is 0.261. The maximum absolute atomic E-state index is 12.1. The predicted molar refractivity (Wildman–Crippen MR) is 116 cm³/mol. The third kappa shape index (κ3) is 4.10. The number of anilines is 1. The van der Waals surface area contributed by atoms with Crippen molar-refractivity contribution in [1.29, 1.82) is 0 Å². The average molecular weight is 407 g/mol. The molecule has 0 saturated heterocycles. The number of aromatic nitrogens is 2. The molecule has 3 aromatic rings. The van der Waals surface area contributed by atoms with Crippen LogP contribution in [0.4, 0.5) is 5.82 Å². The second kappa shape index (κ2) is 8.21. The van der Waals surface area contributed by atoms with Gasteiger partial charge in [-0.3, -0.25) is 4.79 Å². The minimum atomic E-state index is -0.222. The summed E-state index contributed by atoms with van der Waals surface area (Å²) in [5.74, 6) is 1.23. The molecule has 0 bridgehead atoms. The minimum absolute atomic E-state index is 0.222. The zero-order valence-corrected chi connectivity index (χ0v) is 17.3. The van der Waals surface area contributed by atoms with Gasteiger partial charge in [-0.2, -0.15) is 0 Å². The van der Waals surface area contributed by atoms with Crippen LogP contribution in [0.25, 0.3) is 11.3 Å². The Hall–Kier alpha value is -2.92. The van der Waals surface area contributed by atoms with E-state index in [0.29, 0.717) is 16.4 Å². The first-order valence-corrected chi connectivity index (χ1v) is 10.1. The van der Waals surface area contributed by atoms with Crippen LogP contribution in [-0.4, -0.2) is 22.9 Å². The van der Waals surface area contributed by atoms with Gasteiger partial charge in [0.1, 0.15) is 11.6 Å². The van der Waals surface area contributed by atoms with Crippen LogP contribution in [0.15, 0.2) is 48.5 Å². The number of rotatable bonds is 4. The lowest BCUT2D eigenvalue weighted by Crippen LogP contribution is -2.18. The summed E-state index contributed by atoms with van der Waals surface area (Å²) >= 11 is 6.19. The van der Waals surface area contributed by atoms with Crippen molar-refractivity contribution in [3.8, 4) is 11.3 Å². The molecule has 0 fully saturated rings. The molecular formula is C23H23ClN4O. The SMILES string of the molecule is CNC(=O)c1cc(-c2cc(N[C@@H]3CCCc4ccccc43)nc(C)n2)ccc1Cl. The van der Waals surface area contributed by atoms with E-state index in [-0.39, 0.29) is 11.9 Å². The van der Waals surface area contributed by atoms with Gasteiger partial charge in [0.2, 0.25) is 0 Å². The summed E-state index contributed by atoms with van der Waals surface area (Å²) in [4.78, 5) is 21.3. The highest BCUT2D eigenvalue weighted by atomic mass is 35.5. The average Bonchev–Trinajstić information content (AvgIpc) is 2.73. The number of nitrogens with one attached hydrogen (secondary N) is 2. The first kappa shape index (κ1) is 19.4. The summed E-state index contributed by atoms with van der Waals surface area (Å²) in [6.45, 7) is 1.87. The van der Waals surface area contributed by atoms with E-state index in [0.717, 1.165) is 36.3 Å². The Bertz CT molecular complexity index is 1070. The van der Waals surface area contributed by atoms with Crippen LogP contribution < -0.4 is 10.6 Å². The number of amides is 1. The molecule has 1 heterocycles. The maximum Gasteiger partial charge on any atom is 0.252 e. The van der Waals surface area contributed by atoms with Gasteiger partial charge in [-0.1, -0.05) is 41.9 Å². The highest BCUT2D eigenvalue weighted by Crippen LogP contribution is 2.33. The number of carbonyl (C=O) groups is 1. The predicted octanol–water partition coefficient (Wildman–Crippen LogP) is 4.95. The molecule has 1 aliphatic carbocycles. The second-order valence-corrected chi connectivity index (χ2v) is 7.65. The first-order valence-electron chi connectivity index (χ1n) is 9.77. The summed E-state index contributed by atoms with van der Waals surface area (Å²) in [6.07, 6.45) is 3.34. The molecule has 4 rings (SSSR count). The fourth-order valence-electron chi connectivity index (χ4n) is 3.87. The summed E-state index contributed by atoms with van der Waals surface area (Å²) in [5.41, 5.74) is 4.75. The maximum atomic E-state index is 12.1. The van der Waals surface area contributed by atoms with Crippen LogP contribution in [0.2, 0.25) is 5.02 Å². The number of hydrogen-bond acceptors (Lipinski definition) is 4. The number of hydrogen-bond donors (Lipinski definition) is 2. The van der Waals surface area contributed by atoms with E-state index in [4.69, 9.17) is 11.6 Å². The number of carbonyl (C=O) groups excluding carboxylic acids is 1. The zero-order chi connectivity index (χ0) is 20.4. The van der Waals surface area contributed by atoms with Crippen LogP contribution >= 0.6 is 11.6 Å². The lowest BCUT2D eigenvalue weighted by molar-refractivity contribution is 0.0963. The van der Waals surface area contributed by atoms with E-state index >= 15 is 0 Å². The molecule has 1 amide bonds. The van der Waals surface area contributed by atoms with Gasteiger partial charge in [0.25, 0.3) is 5.91 Å². The van der Waals surface area contributed by atoms with Crippen LogP contribution in [-0.2, 0) is 6.42 Å². The summed E-state index contributed by atoms with van der Waals surface area (Å²) < 4.78 is 0. The molecule has 1 aliphatic rings. The van der Waals surface area contributed by atoms with Gasteiger partial charge < -0.3 is 10.6 Å². The monoisotopic (exact) mass is 406 g/mol. The Morgan fingerprint density at radius 3 is 2.79 bits per heavy atom.